The predicted octanol–water partition coefficient (Wildman–Crippen LogP) is 2.80. The average molecular weight is 144 g/mol. The Labute approximate surface area is 61.2 Å². The number of ether oxygens (including phenoxy) is 1. The van der Waals surface area contributed by atoms with Crippen molar-refractivity contribution in [3.05, 3.63) is 24.0 Å². The van der Waals surface area contributed by atoms with Gasteiger partial charge in [0.25, 0.3) is 0 Å². The summed E-state index contributed by atoms with van der Waals surface area (Å²) < 4.78 is 16.2. The van der Waals surface area contributed by atoms with Gasteiger partial charge in [-0.1, -0.05) is 19.1 Å². The maximum atomic E-state index is 11.6. The van der Waals surface area contributed by atoms with Gasteiger partial charge in [0.15, 0.2) is 0 Å². The molecule has 2 heteroatoms. The highest BCUT2D eigenvalue weighted by Gasteiger charge is 1.89. The van der Waals surface area contributed by atoms with Gasteiger partial charge in [0.2, 0.25) is 6.86 Å². The molecule has 58 valence electrons. The summed E-state index contributed by atoms with van der Waals surface area (Å²) in [7, 11) is 0. The van der Waals surface area contributed by atoms with Crippen molar-refractivity contribution in [3.63, 3.8) is 0 Å². The van der Waals surface area contributed by atoms with Gasteiger partial charge in [0.1, 0.15) is 0 Å². The van der Waals surface area contributed by atoms with Crippen molar-refractivity contribution in [2.75, 3.05) is 6.86 Å². The lowest BCUT2D eigenvalue weighted by Gasteiger charge is -2.00. The molecule has 0 saturated heterocycles. The summed E-state index contributed by atoms with van der Waals surface area (Å²) in [6.07, 6.45) is 6.19. The lowest BCUT2D eigenvalue weighted by Crippen LogP contribution is -1.87. The van der Waals surface area contributed by atoms with Crippen molar-refractivity contribution < 1.29 is 9.13 Å². The van der Waals surface area contributed by atoms with Gasteiger partial charge in [-0.25, -0.2) is 4.39 Å². The van der Waals surface area contributed by atoms with Crippen molar-refractivity contribution in [1.82, 2.24) is 0 Å². The standard InChI is InChI=1S/C8H13FO/c1-3-5-6-8(4-2)10-7-9/h3,5-6H,4,7H2,1-2H3/b5-3-,8-6+. The second-order valence-electron chi connectivity index (χ2n) is 1.77. The minimum absolute atomic E-state index is 0.681. The topological polar surface area (TPSA) is 9.23 Å². The van der Waals surface area contributed by atoms with Gasteiger partial charge in [-0.05, 0) is 13.0 Å². The first-order valence-electron chi connectivity index (χ1n) is 3.35. The quantitative estimate of drug-likeness (QED) is 0.435. The molecule has 0 unspecified atom stereocenters. The van der Waals surface area contributed by atoms with Gasteiger partial charge >= 0.3 is 0 Å². The van der Waals surface area contributed by atoms with E-state index in [2.05, 4.69) is 4.74 Å². The van der Waals surface area contributed by atoms with E-state index < -0.39 is 6.86 Å². The molecule has 0 radical (unpaired) electrons. The molecule has 0 atom stereocenters. The van der Waals surface area contributed by atoms with Crippen molar-refractivity contribution in [1.29, 1.82) is 0 Å². The van der Waals surface area contributed by atoms with E-state index in [4.69, 9.17) is 0 Å². The van der Waals surface area contributed by atoms with Gasteiger partial charge in [-0.15, -0.1) is 0 Å². The predicted molar refractivity (Wildman–Crippen MR) is 40.2 cm³/mol. The van der Waals surface area contributed by atoms with Gasteiger partial charge in [-0.3, -0.25) is 0 Å². The van der Waals surface area contributed by atoms with Gasteiger partial charge in [-0.2, -0.15) is 0 Å². The minimum Gasteiger partial charge on any atom is -0.467 e. The van der Waals surface area contributed by atoms with E-state index in [1.807, 2.05) is 26.0 Å². The van der Waals surface area contributed by atoms with Crippen LogP contribution in [-0.4, -0.2) is 6.86 Å². The van der Waals surface area contributed by atoms with Crippen LogP contribution >= 0.6 is 0 Å². The Morgan fingerprint density at radius 1 is 1.60 bits per heavy atom. The van der Waals surface area contributed by atoms with E-state index in [0.29, 0.717) is 5.76 Å². The number of hydrogen-bond acceptors (Lipinski definition) is 1. The summed E-state index contributed by atoms with van der Waals surface area (Å²) in [4.78, 5) is 0. The molecule has 0 saturated carbocycles. The highest BCUT2D eigenvalue weighted by molar-refractivity contribution is 5.06. The summed E-state index contributed by atoms with van der Waals surface area (Å²) in [5, 5.41) is 0. The first-order valence-corrected chi connectivity index (χ1v) is 3.35. The van der Waals surface area contributed by atoms with Crippen LogP contribution < -0.4 is 0 Å². The van der Waals surface area contributed by atoms with Crippen LogP contribution in [0.2, 0.25) is 0 Å². The highest BCUT2D eigenvalue weighted by Crippen LogP contribution is 2.02. The van der Waals surface area contributed by atoms with Crippen molar-refractivity contribution in [2.45, 2.75) is 20.3 Å². The van der Waals surface area contributed by atoms with Crippen LogP contribution in [0.15, 0.2) is 24.0 Å². The van der Waals surface area contributed by atoms with Crippen molar-refractivity contribution >= 4 is 0 Å². The van der Waals surface area contributed by atoms with Crippen LogP contribution in [0.1, 0.15) is 20.3 Å². The van der Waals surface area contributed by atoms with Crippen LogP contribution in [0.4, 0.5) is 4.39 Å². The van der Waals surface area contributed by atoms with E-state index in [1.165, 1.54) is 0 Å². The van der Waals surface area contributed by atoms with E-state index in [-0.39, 0.29) is 0 Å². The normalized spacial score (nSPS) is 12.5. The van der Waals surface area contributed by atoms with Gasteiger partial charge in [0.05, 0.1) is 5.76 Å². The highest BCUT2D eigenvalue weighted by atomic mass is 19.1. The monoisotopic (exact) mass is 144 g/mol. The van der Waals surface area contributed by atoms with E-state index >= 15 is 0 Å². The molecule has 0 amide bonds. The smallest absolute Gasteiger partial charge is 0.228 e. The number of allylic oxidation sites excluding steroid dienone is 4. The fraction of sp³-hybridized carbons (Fsp3) is 0.500. The SMILES string of the molecule is C/C=C\C=C(/CC)OCF. The van der Waals surface area contributed by atoms with E-state index in [9.17, 15) is 4.39 Å². The molecular formula is C8H13FO. The van der Waals surface area contributed by atoms with Crippen LogP contribution in [0.5, 0.6) is 0 Å². The van der Waals surface area contributed by atoms with Crippen molar-refractivity contribution in [2.24, 2.45) is 0 Å². The molecule has 0 heterocycles. The lowest BCUT2D eigenvalue weighted by atomic mass is 10.3. The van der Waals surface area contributed by atoms with E-state index in [1.54, 1.807) is 6.08 Å². The zero-order valence-corrected chi connectivity index (χ0v) is 6.43. The zero-order valence-electron chi connectivity index (χ0n) is 6.43. The largest absolute Gasteiger partial charge is 0.467 e. The molecule has 1 nitrogen and oxygen atoms in total. The van der Waals surface area contributed by atoms with Crippen LogP contribution in [0, 0.1) is 0 Å². The van der Waals surface area contributed by atoms with Crippen molar-refractivity contribution in [3.8, 4) is 0 Å². The second kappa shape index (κ2) is 6.33. The summed E-state index contributed by atoms with van der Waals surface area (Å²) >= 11 is 0. The Kier molecular flexibility index (Phi) is 5.83. The second-order valence-corrected chi connectivity index (χ2v) is 1.77. The van der Waals surface area contributed by atoms with Gasteiger partial charge in [0, 0.05) is 6.42 Å². The van der Waals surface area contributed by atoms with Crippen LogP contribution in [0.25, 0.3) is 0 Å². The van der Waals surface area contributed by atoms with Gasteiger partial charge < -0.3 is 4.74 Å². The summed E-state index contributed by atoms with van der Waals surface area (Å²) in [5.41, 5.74) is 0. The Morgan fingerprint density at radius 3 is 2.70 bits per heavy atom. The molecule has 0 N–H and O–H groups in total. The lowest BCUT2D eigenvalue weighted by molar-refractivity contribution is 0.111. The number of hydrogen-bond donors (Lipinski definition) is 0. The molecule has 0 aromatic rings. The molecule has 0 aliphatic heterocycles. The number of rotatable bonds is 4. The maximum Gasteiger partial charge on any atom is 0.228 e. The molecule has 0 rings (SSSR count). The molecule has 0 spiro atoms. The number of halogens is 1. The van der Waals surface area contributed by atoms with Crippen LogP contribution in [0.3, 0.4) is 0 Å². The number of alkyl halides is 1. The Morgan fingerprint density at radius 2 is 2.30 bits per heavy atom. The molecule has 0 aromatic carbocycles. The molecular weight excluding hydrogens is 131 g/mol. The third kappa shape index (κ3) is 4.13. The van der Waals surface area contributed by atoms with E-state index in [0.717, 1.165) is 6.42 Å². The zero-order chi connectivity index (χ0) is 7.82. The third-order valence-electron chi connectivity index (χ3n) is 1.06. The maximum absolute atomic E-state index is 11.6. The summed E-state index contributed by atoms with van der Waals surface area (Å²) in [5.74, 6) is 0.681. The fourth-order valence-corrected chi connectivity index (χ4v) is 0.542. The fourth-order valence-electron chi connectivity index (χ4n) is 0.542. The molecule has 0 fully saturated rings. The molecule has 0 aliphatic rings. The Bertz CT molecular complexity index is 127. The Balaban J connectivity index is 3.78. The first-order chi connectivity index (χ1) is 4.85. The average Bonchev–Trinajstić information content (AvgIpc) is 1.98. The summed E-state index contributed by atoms with van der Waals surface area (Å²) in [6, 6.07) is 0. The molecule has 0 aromatic heterocycles. The molecule has 0 aliphatic carbocycles. The van der Waals surface area contributed by atoms with Crippen LogP contribution in [-0.2, 0) is 4.74 Å². The Hall–Kier alpha value is -0.790. The summed E-state index contributed by atoms with van der Waals surface area (Å²) in [6.45, 7) is 3.08. The first kappa shape index (κ1) is 9.21. The minimum atomic E-state index is -0.739. The third-order valence-corrected chi connectivity index (χ3v) is 1.06. The molecule has 10 heavy (non-hydrogen) atoms. The molecule has 0 bridgehead atoms.